The maximum atomic E-state index is 12.9. The van der Waals surface area contributed by atoms with Crippen LogP contribution in [0.25, 0.3) is 0 Å². The Hall–Kier alpha value is -1.11. The molecule has 3 rings (SSSR count). The molecule has 2 fully saturated rings. The van der Waals surface area contributed by atoms with E-state index >= 15 is 0 Å². The van der Waals surface area contributed by atoms with Gasteiger partial charge in [-0.05, 0) is 56.4 Å². The summed E-state index contributed by atoms with van der Waals surface area (Å²) in [5.74, 6) is -0.0419. The van der Waals surface area contributed by atoms with Crippen LogP contribution in [0.3, 0.4) is 0 Å². The number of hydrogen-bond acceptors (Lipinski definition) is 3. The van der Waals surface area contributed by atoms with Crippen LogP contribution < -0.4 is 0 Å². The zero-order chi connectivity index (χ0) is 16.4. The molecular weight excluding hydrogens is 336 g/mol. The van der Waals surface area contributed by atoms with E-state index in [0.717, 1.165) is 38.8 Å². The molecule has 0 radical (unpaired) electrons. The van der Waals surface area contributed by atoms with Crippen molar-refractivity contribution in [2.24, 2.45) is 0 Å². The minimum absolute atomic E-state index is 0.0419. The van der Waals surface area contributed by atoms with Crippen molar-refractivity contribution >= 4 is 27.5 Å². The molecule has 2 saturated heterocycles. The Morgan fingerprint density at radius 3 is 2.30 bits per heavy atom. The molecule has 0 unspecified atom stereocenters. The fourth-order valence-corrected chi connectivity index (χ4v) is 5.12. The van der Waals surface area contributed by atoms with Crippen molar-refractivity contribution in [3.05, 3.63) is 29.3 Å². The Morgan fingerprint density at radius 1 is 1.00 bits per heavy atom. The van der Waals surface area contributed by atoms with E-state index in [9.17, 15) is 13.2 Å². The van der Waals surface area contributed by atoms with E-state index in [1.54, 1.807) is 12.1 Å². The largest absolute Gasteiger partial charge is 0.341 e. The number of carbonyl (C=O) groups excluding carboxylic acids is 1. The van der Waals surface area contributed by atoms with Crippen molar-refractivity contribution in [1.82, 2.24) is 9.21 Å². The monoisotopic (exact) mass is 356 g/mol. The van der Waals surface area contributed by atoms with Crippen LogP contribution in [0.2, 0.25) is 5.02 Å². The molecular formula is C16H21ClN2O3S. The first-order valence-corrected chi connectivity index (χ1v) is 9.88. The van der Waals surface area contributed by atoms with Crippen molar-refractivity contribution in [2.45, 2.75) is 43.0 Å². The minimum atomic E-state index is -3.66. The lowest BCUT2D eigenvalue weighted by molar-refractivity contribution is -0.135. The van der Waals surface area contributed by atoms with Crippen LogP contribution in [0.4, 0.5) is 0 Å². The van der Waals surface area contributed by atoms with Crippen molar-refractivity contribution in [3.8, 4) is 0 Å². The topological polar surface area (TPSA) is 57.7 Å². The van der Waals surface area contributed by atoms with E-state index in [1.807, 2.05) is 4.90 Å². The third kappa shape index (κ3) is 3.39. The highest BCUT2D eigenvalue weighted by Gasteiger charge is 2.41. The highest BCUT2D eigenvalue weighted by atomic mass is 35.5. The predicted octanol–water partition coefficient (Wildman–Crippen LogP) is 2.51. The molecule has 2 aliphatic rings. The molecule has 0 aliphatic carbocycles. The summed E-state index contributed by atoms with van der Waals surface area (Å²) < 4.78 is 27.1. The van der Waals surface area contributed by atoms with Gasteiger partial charge >= 0.3 is 0 Å². The summed E-state index contributed by atoms with van der Waals surface area (Å²) in [4.78, 5) is 14.8. The molecule has 1 aromatic carbocycles. The van der Waals surface area contributed by atoms with E-state index in [4.69, 9.17) is 11.6 Å². The Morgan fingerprint density at radius 2 is 1.65 bits per heavy atom. The van der Waals surface area contributed by atoms with Gasteiger partial charge in [0.05, 0.1) is 4.90 Å². The molecule has 0 aromatic heterocycles. The highest BCUT2D eigenvalue weighted by molar-refractivity contribution is 7.89. The third-order valence-electron chi connectivity index (χ3n) is 4.58. The fourth-order valence-electron chi connectivity index (χ4n) is 3.34. The molecule has 126 valence electrons. The second-order valence-electron chi connectivity index (χ2n) is 6.11. The second kappa shape index (κ2) is 6.79. The average molecular weight is 357 g/mol. The lowest BCUT2D eigenvalue weighted by Crippen LogP contribution is -2.49. The number of nitrogens with zero attached hydrogens (tertiary/aromatic N) is 2. The zero-order valence-corrected chi connectivity index (χ0v) is 14.5. The Bertz CT molecular complexity index is 669. The molecule has 23 heavy (non-hydrogen) atoms. The number of sulfonamides is 1. The van der Waals surface area contributed by atoms with Gasteiger partial charge in [0.1, 0.15) is 6.04 Å². The first-order chi connectivity index (χ1) is 11.0. The molecule has 2 aliphatic heterocycles. The number of carbonyl (C=O) groups is 1. The van der Waals surface area contributed by atoms with Crippen molar-refractivity contribution in [2.75, 3.05) is 19.6 Å². The molecule has 0 N–H and O–H groups in total. The van der Waals surface area contributed by atoms with Crippen LogP contribution in [-0.4, -0.2) is 49.2 Å². The quantitative estimate of drug-likeness (QED) is 0.836. The molecule has 0 spiro atoms. The van der Waals surface area contributed by atoms with Crippen molar-refractivity contribution in [3.63, 3.8) is 0 Å². The van der Waals surface area contributed by atoms with Gasteiger partial charge < -0.3 is 4.90 Å². The summed E-state index contributed by atoms with van der Waals surface area (Å²) in [6.07, 6.45) is 4.46. The molecule has 0 saturated carbocycles. The average Bonchev–Trinajstić information content (AvgIpc) is 3.06. The van der Waals surface area contributed by atoms with Crippen LogP contribution in [0.15, 0.2) is 29.2 Å². The smallest absolute Gasteiger partial charge is 0.243 e. The van der Waals surface area contributed by atoms with E-state index in [-0.39, 0.29) is 10.8 Å². The van der Waals surface area contributed by atoms with Crippen LogP contribution in [0, 0.1) is 0 Å². The van der Waals surface area contributed by atoms with Gasteiger partial charge in [0.15, 0.2) is 0 Å². The van der Waals surface area contributed by atoms with Gasteiger partial charge in [0.2, 0.25) is 15.9 Å². The molecule has 0 bridgehead atoms. The van der Waals surface area contributed by atoms with Crippen LogP contribution in [-0.2, 0) is 14.8 Å². The van der Waals surface area contributed by atoms with Crippen LogP contribution in [0.5, 0.6) is 0 Å². The number of hydrogen-bond donors (Lipinski definition) is 0. The summed E-state index contributed by atoms with van der Waals surface area (Å²) in [5.41, 5.74) is 0. The predicted molar refractivity (Wildman–Crippen MR) is 88.8 cm³/mol. The molecule has 1 atom stereocenters. The van der Waals surface area contributed by atoms with E-state index in [2.05, 4.69) is 0 Å². The first-order valence-electron chi connectivity index (χ1n) is 8.06. The molecule has 1 amide bonds. The summed E-state index contributed by atoms with van der Waals surface area (Å²) in [6, 6.07) is 5.56. The number of likely N-dealkylation sites (tertiary alicyclic amines) is 1. The van der Waals surface area contributed by atoms with Crippen LogP contribution in [0.1, 0.15) is 32.1 Å². The lowest BCUT2D eigenvalue weighted by atomic mass is 10.1. The van der Waals surface area contributed by atoms with Crippen LogP contribution >= 0.6 is 11.6 Å². The maximum absolute atomic E-state index is 12.9. The van der Waals surface area contributed by atoms with Gasteiger partial charge in [-0.2, -0.15) is 4.31 Å². The molecule has 7 heteroatoms. The Balaban J connectivity index is 1.82. The van der Waals surface area contributed by atoms with Crippen molar-refractivity contribution < 1.29 is 13.2 Å². The second-order valence-corrected chi connectivity index (χ2v) is 8.44. The van der Waals surface area contributed by atoms with E-state index in [1.165, 1.54) is 16.4 Å². The first kappa shape index (κ1) is 16.7. The molecule has 5 nitrogen and oxygen atoms in total. The van der Waals surface area contributed by atoms with Gasteiger partial charge in [0.25, 0.3) is 0 Å². The maximum Gasteiger partial charge on any atom is 0.243 e. The normalized spacial score (nSPS) is 23.2. The standard InChI is InChI=1S/C16H21ClN2O3S/c17-13-6-8-14(9-7-13)23(21,22)19-12-4-5-15(19)16(20)18-10-2-1-3-11-18/h6-9,15H,1-5,10-12H2/t15-/m0/s1. The highest BCUT2D eigenvalue weighted by Crippen LogP contribution is 2.28. The van der Waals surface area contributed by atoms with Gasteiger partial charge in [-0.25, -0.2) is 8.42 Å². The fraction of sp³-hybridized carbons (Fsp3) is 0.562. The third-order valence-corrected chi connectivity index (χ3v) is 6.75. The Kier molecular flexibility index (Phi) is 4.94. The number of benzene rings is 1. The number of halogens is 1. The van der Waals surface area contributed by atoms with E-state index < -0.39 is 16.1 Å². The van der Waals surface area contributed by atoms with Gasteiger partial charge in [-0.1, -0.05) is 11.6 Å². The molecule has 1 aromatic rings. The zero-order valence-electron chi connectivity index (χ0n) is 12.9. The number of piperidine rings is 1. The van der Waals surface area contributed by atoms with Crippen molar-refractivity contribution in [1.29, 1.82) is 0 Å². The summed E-state index contributed by atoms with van der Waals surface area (Å²) in [5, 5.41) is 0.492. The lowest BCUT2D eigenvalue weighted by Gasteiger charge is -2.32. The SMILES string of the molecule is O=C([C@@H]1CCCN1S(=O)(=O)c1ccc(Cl)cc1)N1CCCCC1. The molecule has 2 heterocycles. The summed E-state index contributed by atoms with van der Waals surface area (Å²) in [7, 11) is -3.66. The number of rotatable bonds is 3. The van der Waals surface area contributed by atoms with E-state index in [0.29, 0.717) is 18.0 Å². The van der Waals surface area contributed by atoms with Gasteiger partial charge in [-0.15, -0.1) is 0 Å². The summed E-state index contributed by atoms with van der Waals surface area (Å²) >= 11 is 5.83. The Labute approximate surface area is 142 Å². The summed E-state index contributed by atoms with van der Waals surface area (Å²) in [6.45, 7) is 1.88. The van der Waals surface area contributed by atoms with Gasteiger partial charge in [0, 0.05) is 24.7 Å². The number of amides is 1. The van der Waals surface area contributed by atoms with Gasteiger partial charge in [-0.3, -0.25) is 4.79 Å². The minimum Gasteiger partial charge on any atom is -0.341 e.